The first-order valence-electron chi connectivity index (χ1n) is 15.9. The molecular weight excluding hydrogens is 571 g/mol. The molecular formula is C44H31N3. The first-order valence-corrected chi connectivity index (χ1v) is 15.9. The van der Waals surface area contributed by atoms with Gasteiger partial charge in [0.05, 0.1) is 0 Å². The van der Waals surface area contributed by atoms with Crippen LogP contribution in [0.5, 0.6) is 0 Å². The number of hydrogen-bond acceptors (Lipinski definition) is 3. The number of nitrogens with zero attached hydrogens (tertiary/aromatic N) is 3. The Hall–Kier alpha value is -6.19. The van der Waals surface area contributed by atoms with E-state index < -0.39 is 0 Å². The number of hydrogen-bond donors (Lipinski definition) is 0. The summed E-state index contributed by atoms with van der Waals surface area (Å²) in [5.74, 6) is 1.95. The molecule has 3 heteroatoms. The van der Waals surface area contributed by atoms with Crippen LogP contribution in [0.25, 0.3) is 78.3 Å². The molecule has 0 atom stereocenters. The predicted octanol–water partition coefficient (Wildman–Crippen LogP) is 11.3. The SMILES string of the molecule is Cc1ccc(-c2ccc(-c3ccc(-c4nc(-c5ccccc5)nc(-c5ccc(-c6ccccc6)cc5)n4)cc3)c3ccccc23)cc1. The van der Waals surface area contributed by atoms with Crippen LogP contribution < -0.4 is 0 Å². The maximum atomic E-state index is 4.98. The Morgan fingerprint density at radius 1 is 0.277 bits per heavy atom. The fourth-order valence-electron chi connectivity index (χ4n) is 6.13. The molecule has 0 N–H and O–H groups in total. The van der Waals surface area contributed by atoms with E-state index in [1.54, 1.807) is 0 Å². The molecule has 7 aromatic carbocycles. The van der Waals surface area contributed by atoms with E-state index >= 15 is 0 Å². The fraction of sp³-hybridized carbons (Fsp3) is 0.0227. The van der Waals surface area contributed by atoms with Crippen molar-refractivity contribution < 1.29 is 0 Å². The number of aryl methyl sites for hydroxylation is 1. The van der Waals surface area contributed by atoms with Crippen molar-refractivity contribution in [3.8, 4) is 67.5 Å². The lowest BCUT2D eigenvalue weighted by Crippen LogP contribution is -2.00. The number of fused-ring (bicyclic) bond motifs is 1. The molecule has 222 valence electrons. The molecule has 1 aromatic heterocycles. The van der Waals surface area contributed by atoms with Gasteiger partial charge in [0.1, 0.15) is 0 Å². The highest BCUT2D eigenvalue weighted by atomic mass is 15.0. The zero-order valence-electron chi connectivity index (χ0n) is 26.0. The molecule has 0 aliphatic heterocycles. The van der Waals surface area contributed by atoms with E-state index in [0.29, 0.717) is 17.5 Å². The van der Waals surface area contributed by atoms with E-state index in [1.807, 2.05) is 36.4 Å². The van der Waals surface area contributed by atoms with Crippen LogP contribution in [0.4, 0.5) is 0 Å². The second-order valence-corrected chi connectivity index (χ2v) is 11.8. The van der Waals surface area contributed by atoms with Crippen molar-refractivity contribution in [3.05, 3.63) is 175 Å². The van der Waals surface area contributed by atoms with Crippen LogP contribution in [0, 0.1) is 6.92 Å². The van der Waals surface area contributed by atoms with Crippen molar-refractivity contribution in [3.63, 3.8) is 0 Å². The Balaban J connectivity index is 1.18. The number of rotatable bonds is 6. The number of aromatic nitrogens is 3. The lowest BCUT2D eigenvalue weighted by molar-refractivity contribution is 1.07. The molecule has 8 aromatic rings. The average Bonchev–Trinajstić information content (AvgIpc) is 3.15. The van der Waals surface area contributed by atoms with Gasteiger partial charge in [-0.05, 0) is 51.1 Å². The molecule has 47 heavy (non-hydrogen) atoms. The minimum Gasteiger partial charge on any atom is -0.208 e. The molecule has 3 nitrogen and oxygen atoms in total. The summed E-state index contributed by atoms with van der Waals surface area (Å²) in [4.78, 5) is 14.8. The summed E-state index contributed by atoms with van der Waals surface area (Å²) < 4.78 is 0. The zero-order chi connectivity index (χ0) is 31.6. The van der Waals surface area contributed by atoms with Crippen molar-refractivity contribution in [2.45, 2.75) is 6.92 Å². The lowest BCUT2D eigenvalue weighted by atomic mass is 9.91. The van der Waals surface area contributed by atoms with Crippen molar-refractivity contribution in [1.29, 1.82) is 0 Å². The van der Waals surface area contributed by atoms with Crippen LogP contribution in [0.1, 0.15) is 5.56 Å². The molecule has 0 unspecified atom stereocenters. The Labute approximate surface area is 274 Å². The summed E-state index contributed by atoms with van der Waals surface area (Å²) in [6.45, 7) is 2.12. The average molecular weight is 602 g/mol. The van der Waals surface area contributed by atoms with Crippen LogP contribution in [-0.4, -0.2) is 15.0 Å². The van der Waals surface area contributed by atoms with E-state index in [1.165, 1.54) is 38.6 Å². The second-order valence-electron chi connectivity index (χ2n) is 11.8. The third-order valence-corrected chi connectivity index (χ3v) is 8.66. The van der Waals surface area contributed by atoms with E-state index in [9.17, 15) is 0 Å². The molecule has 0 bridgehead atoms. The smallest absolute Gasteiger partial charge is 0.164 e. The normalized spacial score (nSPS) is 11.1. The molecule has 0 aliphatic rings. The van der Waals surface area contributed by atoms with Gasteiger partial charge in [0, 0.05) is 16.7 Å². The Kier molecular flexibility index (Phi) is 7.41. The van der Waals surface area contributed by atoms with Crippen LogP contribution >= 0.6 is 0 Å². The maximum absolute atomic E-state index is 4.98. The predicted molar refractivity (Wildman–Crippen MR) is 195 cm³/mol. The van der Waals surface area contributed by atoms with E-state index in [2.05, 4.69) is 140 Å². The van der Waals surface area contributed by atoms with Crippen LogP contribution in [0.15, 0.2) is 170 Å². The van der Waals surface area contributed by atoms with E-state index in [0.717, 1.165) is 27.8 Å². The van der Waals surface area contributed by atoms with Gasteiger partial charge in [0.25, 0.3) is 0 Å². The highest BCUT2D eigenvalue weighted by Gasteiger charge is 2.14. The molecule has 0 saturated carbocycles. The Morgan fingerprint density at radius 2 is 0.596 bits per heavy atom. The number of benzene rings is 7. The molecule has 1 heterocycles. The van der Waals surface area contributed by atoms with Gasteiger partial charge in [-0.2, -0.15) is 0 Å². The summed E-state index contributed by atoms with van der Waals surface area (Å²) in [6.07, 6.45) is 0. The summed E-state index contributed by atoms with van der Waals surface area (Å²) >= 11 is 0. The topological polar surface area (TPSA) is 38.7 Å². The van der Waals surface area contributed by atoms with Gasteiger partial charge >= 0.3 is 0 Å². The van der Waals surface area contributed by atoms with Crippen molar-refractivity contribution in [2.24, 2.45) is 0 Å². The largest absolute Gasteiger partial charge is 0.208 e. The van der Waals surface area contributed by atoms with Crippen molar-refractivity contribution >= 4 is 10.8 Å². The van der Waals surface area contributed by atoms with Crippen LogP contribution in [0.2, 0.25) is 0 Å². The molecule has 0 fully saturated rings. The van der Waals surface area contributed by atoms with Gasteiger partial charge in [-0.15, -0.1) is 0 Å². The minimum absolute atomic E-state index is 0.645. The minimum atomic E-state index is 0.645. The molecule has 8 rings (SSSR count). The highest BCUT2D eigenvalue weighted by Crippen LogP contribution is 2.36. The van der Waals surface area contributed by atoms with Crippen LogP contribution in [0.3, 0.4) is 0 Å². The van der Waals surface area contributed by atoms with E-state index in [-0.39, 0.29) is 0 Å². The zero-order valence-corrected chi connectivity index (χ0v) is 26.0. The molecule has 0 spiro atoms. The quantitative estimate of drug-likeness (QED) is 0.190. The van der Waals surface area contributed by atoms with Gasteiger partial charge in [-0.3, -0.25) is 0 Å². The second kappa shape index (κ2) is 12.3. The summed E-state index contributed by atoms with van der Waals surface area (Å²) in [7, 11) is 0. The Morgan fingerprint density at radius 3 is 1.06 bits per heavy atom. The third kappa shape index (κ3) is 5.71. The highest BCUT2D eigenvalue weighted by molar-refractivity contribution is 6.05. The first-order chi connectivity index (χ1) is 23.2. The maximum Gasteiger partial charge on any atom is 0.164 e. The molecule has 0 radical (unpaired) electrons. The van der Waals surface area contributed by atoms with Gasteiger partial charge in [0.15, 0.2) is 17.5 Å². The van der Waals surface area contributed by atoms with Gasteiger partial charge in [0.2, 0.25) is 0 Å². The van der Waals surface area contributed by atoms with E-state index in [4.69, 9.17) is 15.0 Å². The summed E-state index contributed by atoms with van der Waals surface area (Å²) in [5, 5.41) is 2.47. The summed E-state index contributed by atoms with van der Waals surface area (Å²) in [6, 6.07) is 59.4. The van der Waals surface area contributed by atoms with Crippen molar-refractivity contribution in [2.75, 3.05) is 0 Å². The molecule has 0 amide bonds. The molecule has 0 aliphatic carbocycles. The third-order valence-electron chi connectivity index (χ3n) is 8.66. The van der Waals surface area contributed by atoms with Crippen molar-refractivity contribution in [1.82, 2.24) is 15.0 Å². The first kappa shape index (κ1) is 28.3. The lowest BCUT2D eigenvalue weighted by Gasteiger charge is -2.13. The monoisotopic (exact) mass is 601 g/mol. The van der Waals surface area contributed by atoms with Gasteiger partial charge in [-0.25, -0.2) is 15.0 Å². The summed E-state index contributed by atoms with van der Waals surface area (Å²) in [5.41, 5.74) is 11.2. The van der Waals surface area contributed by atoms with Crippen LogP contribution in [-0.2, 0) is 0 Å². The fourth-order valence-corrected chi connectivity index (χ4v) is 6.13. The molecule has 0 saturated heterocycles. The van der Waals surface area contributed by atoms with Gasteiger partial charge < -0.3 is 0 Å². The van der Waals surface area contributed by atoms with Gasteiger partial charge in [-0.1, -0.05) is 175 Å². The standard InChI is InChI=1S/C44H31N3/c1-30-16-18-33(19-17-30)38-28-29-39(41-15-9-8-14-40(38)41)34-22-26-37(27-23-34)44-46-42(35-12-6-3-7-13-35)45-43(47-44)36-24-20-32(21-25-36)31-10-4-2-5-11-31/h2-29H,1H3. The Bertz CT molecular complexity index is 2310.